The van der Waals surface area contributed by atoms with Gasteiger partial charge >= 0.3 is 0 Å². The summed E-state index contributed by atoms with van der Waals surface area (Å²) in [5.41, 5.74) is 2.93. The lowest BCUT2D eigenvalue weighted by molar-refractivity contribution is 0.777. The van der Waals surface area contributed by atoms with Gasteiger partial charge in [0.15, 0.2) is 5.82 Å². The fourth-order valence-electron chi connectivity index (χ4n) is 3.61. The summed E-state index contributed by atoms with van der Waals surface area (Å²) >= 11 is 6.08. The lowest BCUT2D eigenvalue weighted by Gasteiger charge is -2.06. The van der Waals surface area contributed by atoms with Gasteiger partial charge in [-0.3, -0.25) is 0 Å². The molecule has 0 amide bonds. The van der Waals surface area contributed by atoms with Crippen molar-refractivity contribution >= 4 is 22.6 Å². The average Bonchev–Trinajstić information content (AvgIpc) is 3.20. The third-order valence-electron chi connectivity index (χ3n) is 4.92. The first-order valence-electron chi connectivity index (χ1n) is 8.89. The molecule has 8 heteroatoms. The first-order valence-corrected chi connectivity index (χ1v) is 9.27. The van der Waals surface area contributed by atoms with Crippen molar-refractivity contribution in [2.75, 3.05) is 0 Å². The van der Waals surface area contributed by atoms with Gasteiger partial charge in [-0.1, -0.05) is 11.6 Å². The summed E-state index contributed by atoms with van der Waals surface area (Å²) in [5.74, 6) is 4.69. The summed E-state index contributed by atoms with van der Waals surface area (Å²) in [7, 11) is 0. The van der Waals surface area contributed by atoms with E-state index >= 15 is 0 Å². The number of imidazole rings is 1. The van der Waals surface area contributed by atoms with Crippen molar-refractivity contribution in [3.63, 3.8) is 0 Å². The molecule has 4 aromatic rings. The molecule has 7 nitrogen and oxygen atoms in total. The van der Waals surface area contributed by atoms with Crippen molar-refractivity contribution in [1.29, 1.82) is 0 Å². The van der Waals surface area contributed by atoms with Gasteiger partial charge in [0.25, 0.3) is 0 Å². The zero-order valence-electron chi connectivity index (χ0n) is 15.2. The van der Waals surface area contributed by atoms with Gasteiger partial charge in [0, 0.05) is 22.9 Å². The van der Waals surface area contributed by atoms with Crippen LogP contribution in [0.25, 0.3) is 16.9 Å². The highest BCUT2D eigenvalue weighted by atomic mass is 35.5. The Balaban J connectivity index is 1.48. The largest absolute Gasteiger partial charge is 0.342 e. The summed E-state index contributed by atoms with van der Waals surface area (Å²) < 4.78 is 1.77. The first kappa shape index (κ1) is 16.4. The predicted molar refractivity (Wildman–Crippen MR) is 102 cm³/mol. The molecule has 3 aromatic heterocycles. The molecule has 2 unspecified atom stereocenters. The van der Waals surface area contributed by atoms with Gasteiger partial charge in [0.05, 0.1) is 16.7 Å². The van der Waals surface area contributed by atoms with Crippen LogP contribution in [0.1, 0.15) is 47.2 Å². The number of halogens is 1. The molecule has 5 rings (SSSR count). The van der Waals surface area contributed by atoms with Crippen molar-refractivity contribution < 1.29 is 0 Å². The quantitative estimate of drug-likeness (QED) is 0.585. The molecule has 1 aliphatic carbocycles. The van der Waals surface area contributed by atoms with Crippen LogP contribution in [-0.4, -0.2) is 34.7 Å². The Bertz CT molecular complexity index is 1180. The number of fused-ring (bicyclic) bond motifs is 1. The third-order valence-corrected chi connectivity index (χ3v) is 5.15. The van der Waals surface area contributed by atoms with Gasteiger partial charge in [-0.15, -0.1) is 5.10 Å². The zero-order valence-corrected chi connectivity index (χ0v) is 16.0. The van der Waals surface area contributed by atoms with Gasteiger partial charge < -0.3 is 4.98 Å². The normalized spacial score (nSPS) is 19.0. The van der Waals surface area contributed by atoms with Crippen LogP contribution in [0, 0.1) is 20.8 Å². The molecular formula is C19H18ClN7. The summed E-state index contributed by atoms with van der Waals surface area (Å²) in [5, 5.41) is 5.15. The van der Waals surface area contributed by atoms with E-state index in [0.717, 1.165) is 52.3 Å². The molecule has 136 valence electrons. The molecule has 2 atom stereocenters. The number of rotatable bonds is 3. The van der Waals surface area contributed by atoms with Crippen molar-refractivity contribution in [3.8, 4) is 5.82 Å². The second-order valence-electron chi connectivity index (χ2n) is 7.05. The van der Waals surface area contributed by atoms with Crippen molar-refractivity contribution in [1.82, 2.24) is 34.7 Å². The Morgan fingerprint density at radius 2 is 1.85 bits per heavy atom. The second kappa shape index (κ2) is 5.85. The van der Waals surface area contributed by atoms with Crippen molar-refractivity contribution in [2.45, 2.75) is 39.0 Å². The molecule has 1 aliphatic rings. The molecular weight excluding hydrogens is 362 g/mol. The minimum absolute atomic E-state index is 0.325. The Labute approximate surface area is 160 Å². The maximum Gasteiger partial charge on any atom is 0.159 e. The number of aromatic amines is 1. The number of hydrogen-bond donors (Lipinski definition) is 1. The Kier molecular flexibility index (Phi) is 3.55. The monoisotopic (exact) mass is 379 g/mol. The van der Waals surface area contributed by atoms with Crippen LogP contribution in [0.15, 0.2) is 24.3 Å². The Morgan fingerprint density at radius 1 is 1.00 bits per heavy atom. The maximum absolute atomic E-state index is 6.08. The summed E-state index contributed by atoms with van der Waals surface area (Å²) in [4.78, 5) is 21.7. The lowest BCUT2D eigenvalue weighted by Crippen LogP contribution is -2.06. The van der Waals surface area contributed by atoms with E-state index in [0.29, 0.717) is 16.9 Å². The minimum Gasteiger partial charge on any atom is -0.342 e. The molecule has 0 bridgehead atoms. The van der Waals surface area contributed by atoms with E-state index in [4.69, 9.17) is 16.6 Å². The highest BCUT2D eigenvalue weighted by Crippen LogP contribution is 2.53. The van der Waals surface area contributed by atoms with Crippen LogP contribution in [0.5, 0.6) is 0 Å². The van der Waals surface area contributed by atoms with E-state index in [9.17, 15) is 0 Å². The van der Waals surface area contributed by atoms with Crippen molar-refractivity contribution in [2.24, 2.45) is 0 Å². The zero-order chi connectivity index (χ0) is 18.7. The fraction of sp³-hybridized carbons (Fsp3) is 0.316. The second-order valence-corrected chi connectivity index (χ2v) is 7.48. The van der Waals surface area contributed by atoms with E-state index in [1.54, 1.807) is 4.68 Å². The molecule has 1 saturated carbocycles. The topological polar surface area (TPSA) is 85.2 Å². The molecule has 1 N–H and O–H groups in total. The number of hydrogen-bond acceptors (Lipinski definition) is 5. The van der Waals surface area contributed by atoms with Gasteiger partial charge in [-0.25, -0.2) is 19.9 Å². The molecule has 27 heavy (non-hydrogen) atoms. The smallest absolute Gasteiger partial charge is 0.159 e. The third kappa shape index (κ3) is 2.88. The molecule has 0 aliphatic heterocycles. The lowest BCUT2D eigenvalue weighted by atomic mass is 10.2. The summed E-state index contributed by atoms with van der Waals surface area (Å²) in [6, 6.07) is 7.73. The van der Waals surface area contributed by atoms with Gasteiger partial charge in [-0.2, -0.15) is 4.68 Å². The van der Waals surface area contributed by atoms with Gasteiger partial charge in [0.1, 0.15) is 23.3 Å². The van der Waals surface area contributed by atoms with Crippen LogP contribution < -0.4 is 0 Å². The molecule has 0 saturated heterocycles. The number of aryl methyl sites for hydroxylation is 3. The number of nitrogens with zero attached hydrogens (tertiary/aromatic N) is 6. The minimum atomic E-state index is 0.325. The molecule has 1 aromatic carbocycles. The van der Waals surface area contributed by atoms with Crippen LogP contribution in [0.2, 0.25) is 5.02 Å². The first-order chi connectivity index (χ1) is 13.0. The van der Waals surface area contributed by atoms with Crippen molar-refractivity contribution in [3.05, 3.63) is 58.3 Å². The van der Waals surface area contributed by atoms with E-state index in [-0.39, 0.29) is 0 Å². The SMILES string of the molecule is Cc1nc(C2CC2c2nc3ccc(Cl)cc3[nH]2)cc(-n2nc(C)nc2C)n1. The highest BCUT2D eigenvalue weighted by Gasteiger charge is 2.43. The van der Waals surface area contributed by atoms with E-state index in [1.165, 1.54) is 0 Å². The Morgan fingerprint density at radius 3 is 2.63 bits per heavy atom. The number of benzene rings is 1. The van der Waals surface area contributed by atoms with Crippen LogP contribution in [0.3, 0.4) is 0 Å². The van der Waals surface area contributed by atoms with Gasteiger partial charge in [0.2, 0.25) is 0 Å². The summed E-state index contributed by atoms with van der Waals surface area (Å²) in [6.07, 6.45) is 1.01. The molecule has 3 heterocycles. The molecule has 0 radical (unpaired) electrons. The average molecular weight is 380 g/mol. The summed E-state index contributed by atoms with van der Waals surface area (Å²) in [6.45, 7) is 5.71. The van der Waals surface area contributed by atoms with Crippen LogP contribution >= 0.6 is 11.6 Å². The van der Waals surface area contributed by atoms with Crippen LogP contribution in [0.4, 0.5) is 0 Å². The van der Waals surface area contributed by atoms with Crippen LogP contribution in [-0.2, 0) is 0 Å². The van der Waals surface area contributed by atoms with E-state index < -0.39 is 0 Å². The van der Waals surface area contributed by atoms with Gasteiger partial charge in [-0.05, 0) is 45.4 Å². The van der Waals surface area contributed by atoms with E-state index in [1.807, 2.05) is 45.0 Å². The standard InChI is InChI=1S/C19H18ClN7/c1-9-22-16(8-18(23-9)27-11(3)21-10(2)26-27)13-7-14(13)19-24-15-5-4-12(20)6-17(15)25-19/h4-6,8,13-14H,7H2,1-3H3,(H,24,25). The number of nitrogens with one attached hydrogen (secondary N) is 1. The highest BCUT2D eigenvalue weighted by molar-refractivity contribution is 6.31. The Hall–Kier alpha value is -2.80. The number of H-pyrrole nitrogens is 1. The predicted octanol–water partition coefficient (Wildman–Crippen LogP) is 3.78. The molecule has 0 spiro atoms. The number of aromatic nitrogens is 7. The molecule has 1 fully saturated rings. The van der Waals surface area contributed by atoms with E-state index in [2.05, 4.69) is 25.0 Å². The maximum atomic E-state index is 6.08. The fourth-order valence-corrected chi connectivity index (χ4v) is 3.78.